The molecular weight excluding hydrogens is 277 g/mol. The van der Waals surface area contributed by atoms with Crippen LogP contribution in [0.1, 0.15) is 23.0 Å². The van der Waals surface area contributed by atoms with Crippen molar-refractivity contribution in [3.05, 3.63) is 29.6 Å². The highest BCUT2D eigenvalue weighted by molar-refractivity contribution is 5.95. The maximum Gasteiger partial charge on any atom is 0.434 e. The maximum atomic E-state index is 12.9. The normalized spacial score (nSPS) is 11.6. The number of carbonyl (C=O) groups is 1. The van der Waals surface area contributed by atoms with Gasteiger partial charge in [0, 0.05) is 11.6 Å². The number of carboxylic acids is 1. The molecule has 5 nitrogen and oxygen atoms in total. The molecule has 0 saturated heterocycles. The van der Waals surface area contributed by atoms with Crippen molar-refractivity contribution in [2.45, 2.75) is 13.1 Å². The Balaban J connectivity index is 2.79. The molecule has 0 spiro atoms. The van der Waals surface area contributed by atoms with Gasteiger partial charge in [-0.3, -0.25) is 0 Å². The Hall–Kier alpha value is -2.38. The van der Waals surface area contributed by atoms with E-state index in [1.807, 2.05) is 0 Å². The highest BCUT2D eigenvalue weighted by Gasteiger charge is 2.38. The Bertz CT molecular complexity index is 671. The lowest BCUT2D eigenvalue weighted by molar-refractivity contribution is -0.141. The Morgan fingerprint density at radius 2 is 2.15 bits per heavy atom. The lowest BCUT2D eigenvalue weighted by atomic mass is 10.1. The average molecular weight is 286 g/mol. The number of fused-ring (bicyclic) bond motifs is 1. The van der Waals surface area contributed by atoms with Crippen LogP contribution in [0.4, 0.5) is 13.2 Å². The smallest absolute Gasteiger partial charge is 0.434 e. The Kier molecular flexibility index (Phi) is 3.47. The van der Waals surface area contributed by atoms with E-state index in [-0.39, 0.29) is 23.4 Å². The van der Waals surface area contributed by atoms with E-state index in [1.54, 1.807) is 6.92 Å². The van der Waals surface area contributed by atoms with Crippen LogP contribution in [0.2, 0.25) is 0 Å². The van der Waals surface area contributed by atoms with E-state index in [1.165, 1.54) is 12.3 Å². The first-order valence-corrected chi connectivity index (χ1v) is 5.57. The van der Waals surface area contributed by atoms with E-state index in [4.69, 9.17) is 9.84 Å². The summed E-state index contributed by atoms with van der Waals surface area (Å²) in [6, 6.07) is 2.29. The second-order valence-corrected chi connectivity index (χ2v) is 3.81. The third-order valence-corrected chi connectivity index (χ3v) is 2.48. The molecule has 8 heteroatoms. The van der Waals surface area contributed by atoms with Gasteiger partial charge in [0.05, 0.1) is 12.2 Å². The second kappa shape index (κ2) is 4.95. The maximum absolute atomic E-state index is 12.9. The number of pyridine rings is 2. The summed E-state index contributed by atoms with van der Waals surface area (Å²) >= 11 is 0. The van der Waals surface area contributed by atoms with Crippen LogP contribution >= 0.6 is 0 Å². The second-order valence-electron chi connectivity index (χ2n) is 3.81. The van der Waals surface area contributed by atoms with Crippen molar-refractivity contribution in [1.82, 2.24) is 9.97 Å². The quantitative estimate of drug-likeness (QED) is 0.939. The lowest BCUT2D eigenvalue weighted by Crippen LogP contribution is -2.15. The van der Waals surface area contributed by atoms with Crippen LogP contribution in [0.15, 0.2) is 18.3 Å². The van der Waals surface area contributed by atoms with Gasteiger partial charge >= 0.3 is 12.1 Å². The fourth-order valence-corrected chi connectivity index (χ4v) is 1.70. The molecular formula is C12H9F3N2O3. The van der Waals surface area contributed by atoms with Crippen molar-refractivity contribution >= 4 is 16.9 Å². The summed E-state index contributed by atoms with van der Waals surface area (Å²) in [4.78, 5) is 18.1. The van der Waals surface area contributed by atoms with Crippen LogP contribution in [0, 0.1) is 0 Å². The molecule has 0 radical (unpaired) electrons. The molecule has 2 aromatic rings. The van der Waals surface area contributed by atoms with E-state index < -0.39 is 23.4 Å². The fourth-order valence-electron chi connectivity index (χ4n) is 1.70. The minimum absolute atomic E-state index is 0.0626. The molecule has 0 fully saturated rings. The molecule has 2 rings (SSSR count). The minimum atomic E-state index is -4.87. The topological polar surface area (TPSA) is 72.3 Å². The number of halogens is 3. The number of aromatic nitrogens is 2. The first kappa shape index (κ1) is 14.0. The predicted molar refractivity (Wildman–Crippen MR) is 62.7 cm³/mol. The number of hydrogen-bond donors (Lipinski definition) is 1. The van der Waals surface area contributed by atoms with Crippen LogP contribution in [-0.2, 0) is 6.18 Å². The number of rotatable bonds is 3. The fraction of sp³-hybridized carbons (Fsp3) is 0.250. The predicted octanol–water partition coefficient (Wildman–Crippen LogP) is 2.75. The van der Waals surface area contributed by atoms with Gasteiger partial charge in [0.25, 0.3) is 0 Å². The SMILES string of the molecule is CCOc1nccc2cc(C(=O)O)c(C(F)(F)F)nc12. The Labute approximate surface area is 111 Å². The zero-order valence-electron chi connectivity index (χ0n) is 10.2. The van der Waals surface area contributed by atoms with Gasteiger partial charge in [-0.25, -0.2) is 14.8 Å². The molecule has 106 valence electrons. The average Bonchev–Trinajstić information content (AvgIpc) is 2.37. The van der Waals surface area contributed by atoms with Crippen LogP contribution in [0.3, 0.4) is 0 Å². The zero-order chi connectivity index (χ0) is 14.9. The van der Waals surface area contributed by atoms with Crippen molar-refractivity contribution in [3.8, 4) is 5.88 Å². The van der Waals surface area contributed by atoms with Crippen LogP contribution in [0.5, 0.6) is 5.88 Å². The van der Waals surface area contributed by atoms with Gasteiger partial charge in [0.1, 0.15) is 5.52 Å². The monoisotopic (exact) mass is 286 g/mol. The number of nitrogens with zero attached hydrogens (tertiary/aromatic N) is 2. The molecule has 0 amide bonds. The largest absolute Gasteiger partial charge is 0.478 e. The van der Waals surface area contributed by atoms with Crippen molar-refractivity contribution < 1.29 is 27.8 Å². The lowest BCUT2D eigenvalue weighted by Gasteiger charge is -2.12. The summed E-state index contributed by atoms with van der Waals surface area (Å²) in [6.07, 6.45) is -3.56. The van der Waals surface area contributed by atoms with Crippen LogP contribution in [0.25, 0.3) is 10.9 Å². The van der Waals surface area contributed by atoms with Gasteiger partial charge in [-0.2, -0.15) is 13.2 Å². The molecule has 2 aromatic heterocycles. The molecule has 0 aromatic carbocycles. The molecule has 0 atom stereocenters. The zero-order valence-corrected chi connectivity index (χ0v) is 10.2. The Morgan fingerprint density at radius 3 is 2.70 bits per heavy atom. The molecule has 0 aliphatic heterocycles. The molecule has 0 saturated carbocycles. The third-order valence-electron chi connectivity index (χ3n) is 2.48. The van der Waals surface area contributed by atoms with Crippen LogP contribution in [-0.4, -0.2) is 27.7 Å². The number of hydrogen-bond acceptors (Lipinski definition) is 4. The minimum Gasteiger partial charge on any atom is -0.478 e. The number of ether oxygens (including phenoxy) is 1. The molecule has 20 heavy (non-hydrogen) atoms. The number of aromatic carboxylic acids is 1. The molecule has 1 N–H and O–H groups in total. The Morgan fingerprint density at radius 1 is 1.45 bits per heavy atom. The van der Waals surface area contributed by atoms with E-state index in [0.29, 0.717) is 0 Å². The molecule has 0 aliphatic carbocycles. The van der Waals surface area contributed by atoms with Gasteiger partial charge < -0.3 is 9.84 Å². The van der Waals surface area contributed by atoms with Crippen molar-refractivity contribution in [2.24, 2.45) is 0 Å². The van der Waals surface area contributed by atoms with Gasteiger partial charge in [-0.1, -0.05) is 0 Å². The number of carboxylic acid groups (broad SMARTS) is 1. The van der Waals surface area contributed by atoms with Crippen LogP contribution < -0.4 is 4.74 Å². The molecule has 2 heterocycles. The highest BCUT2D eigenvalue weighted by atomic mass is 19.4. The van der Waals surface area contributed by atoms with Gasteiger partial charge in [-0.15, -0.1) is 0 Å². The summed E-state index contributed by atoms with van der Waals surface area (Å²) in [5, 5.41) is 9.09. The van der Waals surface area contributed by atoms with Crippen molar-refractivity contribution in [1.29, 1.82) is 0 Å². The summed E-state index contributed by atoms with van der Waals surface area (Å²) in [5.41, 5.74) is -2.49. The standard InChI is InChI=1S/C12H9F3N2O3/c1-2-20-10-8-6(3-4-16-10)5-7(11(18)19)9(17-8)12(13,14)15/h3-5H,2H2,1H3,(H,18,19). The molecule has 0 aliphatic rings. The summed E-state index contributed by atoms with van der Waals surface area (Å²) in [6.45, 7) is 1.85. The number of alkyl halides is 3. The first-order valence-electron chi connectivity index (χ1n) is 5.57. The van der Waals surface area contributed by atoms with E-state index >= 15 is 0 Å². The van der Waals surface area contributed by atoms with Gasteiger partial charge in [0.2, 0.25) is 5.88 Å². The molecule has 0 bridgehead atoms. The van der Waals surface area contributed by atoms with E-state index in [0.717, 1.165) is 6.07 Å². The van der Waals surface area contributed by atoms with Crippen molar-refractivity contribution in [3.63, 3.8) is 0 Å². The summed E-state index contributed by atoms with van der Waals surface area (Å²) < 4.78 is 43.7. The van der Waals surface area contributed by atoms with Gasteiger partial charge in [0.15, 0.2) is 5.69 Å². The van der Waals surface area contributed by atoms with E-state index in [9.17, 15) is 18.0 Å². The first-order chi connectivity index (χ1) is 9.34. The molecule has 0 unspecified atom stereocenters. The summed E-state index contributed by atoms with van der Waals surface area (Å²) in [7, 11) is 0. The third kappa shape index (κ3) is 2.49. The van der Waals surface area contributed by atoms with E-state index in [2.05, 4.69) is 9.97 Å². The summed E-state index contributed by atoms with van der Waals surface area (Å²) in [5.74, 6) is -1.76. The van der Waals surface area contributed by atoms with Crippen molar-refractivity contribution in [2.75, 3.05) is 6.61 Å². The highest BCUT2D eigenvalue weighted by Crippen LogP contribution is 2.34. The van der Waals surface area contributed by atoms with Gasteiger partial charge in [-0.05, 0) is 19.1 Å².